The van der Waals surface area contributed by atoms with Crippen LogP contribution in [0.3, 0.4) is 0 Å². The number of aliphatic hydroxyl groups excluding tert-OH is 1. The Hall–Kier alpha value is -1.34. The van der Waals surface area contributed by atoms with Gasteiger partial charge in [-0.2, -0.15) is 13.2 Å². The number of hydrogen-bond donors (Lipinski definition) is 2. The number of hydrogen-bond acceptors (Lipinski definition) is 4. The SMILES string of the molecule is N[C@@H](CO)c1ccnc(OCC(F)(F)F)c1. The third-order valence-corrected chi connectivity index (χ3v) is 1.77. The third kappa shape index (κ3) is 4.03. The molecule has 0 radical (unpaired) electrons. The van der Waals surface area contributed by atoms with E-state index in [0.717, 1.165) is 0 Å². The van der Waals surface area contributed by atoms with Crippen LogP contribution < -0.4 is 10.5 Å². The molecule has 7 heteroatoms. The molecule has 0 saturated carbocycles. The first-order chi connectivity index (χ1) is 7.42. The lowest BCUT2D eigenvalue weighted by Crippen LogP contribution is -2.20. The summed E-state index contributed by atoms with van der Waals surface area (Å²) in [5, 5.41) is 8.77. The Morgan fingerprint density at radius 2 is 2.19 bits per heavy atom. The van der Waals surface area contributed by atoms with Crippen LogP contribution in [0.1, 0.15) is 11.6 Å². The van der Waals surface area contributed by atoms with Crippen LogP contribution in [-0.4, -0.2) is 29.5 Å². The minimum atomic E-state index is -4.41. The van der Waals surface area contributed by atoms with E-state index >= 15 is 0 Å². The Morgan fingerprint density at radius 1 is 1.50 bits per heavy atom. The normalized spacial score (nSPS) is 13.6. The van der Waals surface area contributed by atoms with Crippen molar-refractivity contribution in [3.8, 4) is 5.88 Å². The minimum Gasteiger partial charge on any atom is -0.468 e. The molecule has 0 bridgehead atoms. The molecule has 0 amide bonds. The van der Waals surface area contributed by atoms with Crippen molar-refractivity contribution in [3.05, 3.63) is 23.9 Å². The van der Waals surface area contributed by atoms with Crippen molar-refractivity contribution >= 4 is 0 Å². The van der Waals surface area contributed by atoms with E-state index in [1.807, 2.05) is 0 Å². The Kier molecular flexibility index (Phi) is 4.08. The lowest BCUT2D eigenvalue weighted by atomic mass is 10.1. The van der Waals surface area contributed by atoms with Crippen LogP contribution in [0.25, 0.3) is 0 Å². The molecule has 1 aromatic heterocycles. The van der Waals surface area contributed by atoms with Gasteiger partial charge in [0.2, 0.25) is 5.88 Å². The highest BCUT2D eigenvalue weighted by molar-refractivity contribution is 5.23. The van der Waals surface area contributed by atoms with Gasteiger partial charge in [-0.1, -0.05) is 0 Å². The molecule has 1 atom stereocenters. The lowest BCUT2D eigenvalue weighted by molar-refractivity contribution is -0.154. The van der Waals surface area contributed by atoms with Gasteiger partial charge in [0, 0.05) is 12.3 Å². The van der Waals surface area contributed by atoms with Crippen LogP contribution in [0.4, 0.5) is 13.2 Å². The number of rotatable bonds is 4. The molecule has 0 aliphatic carbocycles. The molecule has 0 unspecified atom stereocenters. The zero-order chi connectivity index (χ0) is 12.2. The van der Waals surface area contributed by atoms with Crippen LogP contribution in [0.2, 0.25) is 0 Å². The average Bonchev–Trinajstić information content (AvgIpc) is 2.25. The van der Waals surface area contributed by atoms with Gasteiger partial charge in [-0.25, -0.2) is 4.98 Å². The van der Waals surface area contributed by atoms with E-state index in [0.29, 0.717) is 5.56 Å². The van der Waals surface area contributed by atoms with Crippen molar-refractivity contribution in [3.63, 3.8) is 0 Å². The summed E-state index contributed by atoms with van der Waals surface area (Å²) in [6.07, 6.45) is -3.13. The molecule has 0 spiro atoms. The van der Waals surface area contributed by atoms with E-state index in [2.05, 4.69) is 9.72 Å². The molecule has 0 saturated heterocycles. The predicted molar refractivity (Wildman–Crippen MR) is 49.8 cm³/mol. The minimum absolute atomic E-state index is 0.168. The number of ether oxygens (including phenoxy) is 1. The first-order valence-electron chi connectivity index (χ1n) is 4.44. The summed E-state index contributed by atoms with van der Waals surface area (Å²) in [7, 11) is 0. The largest absolute Gasteiger partial charge is 0.468 e. The van der Waals surface area contributed by atoms with Crippen molar-refractivity contribution in [2.45, 2.75) is 12.2 Å². The van der Waals surface area contributed by atoms with Crippen molar-refractivity contribution in [2.75, 3.05) is 13.2 Å². The van der Waals surface area contributed by atoms with Crippen molar-refractivity contribution in [1.82, 2.24) is 4.98 Å². The van der Waals surface area contributed by atoms with Crippen LogP contribution in [-0.2, 0) is 0 Å². The summed E-state index contributed by atoms with van der Waals surface area (Å²) in [4.78, 5) is 3.60. The zero-order valence-electron chi connectivity index (χ0n) is 8.24. The van der Waals surface area contributed by atoms with Gasteiger partial charge in [-0.3, -0.25) is 0 Å². The number of pyridine rings is 1. The van der Waals surface area contributed by atoms with Gasteiger partial charge in [-0.15, -0.1) is 0 Å². The Morgan fingerprint density at radius 3 is 2.75 bits per heavy atom. The fraction of sp³-hybridized carbons (Fsp3) is 0.444. The first kappa shape index (κ1) is 12.7. The smallest absolute Gasteiger partial charge is 0.422 e. The summed E-state index contributed by atoms with van der Waals surface area (Å²) in [5.74, 6) is -0.168. The second-order valence-electron chi connectivity index (χ2n) is 3.12. The molecule has 0 aliphatic rings. The highest BCUT2D eigenvalue weighted by Crippen LogP contribution is 2.19. The summed E-state index contributed by atoms with van der Waals surface area (Å²) in [6.45, 7) is -1.71. The van der Waals surface area contributed by atoms with Crippen molar-refractivity contribution in [2.24, 2.45) is 5.73 Å². The molecule has 1 aromatic rings. The molecule has 0 aromatic carbocycles. The fourth-order valence-corrected chi connectivity index (χ4v) is 0.996. The number of alkyl halides is 3. The van der Waals surface area contributed by atoms with Gasteiger partial charge in [0.15, 0.2) is 6.61 Å². The first-order valence-corrected chi connectivity index (χ1v) is 4.44. The number of halogens is 3. The molecule has 0 fully saturated rings. The molecule has 0 aliphatic heterocycles. The van der Waals surface area contributed by atoms with E-state index in [1.165, 1.54) is 18.3 Å². The third-order valence-electron chi connectivity index (χ3n) is 1.77. The summed E-state index contributed by atoms with van der Waals surface area (Å²) < 4.78 is 40.0. The maximum absolute atomic E-state index is 11.8. The maximum Gasteiger partial charge on any atom is 0.422 e. The van der Waals surface area contributed by atoms with E-state index in [-0.39, 0.29) is 12.5 Å². The topological polar surface area (TPSA) is 68.4 Å². The fourth-order valence-electron chi connectivity index (χ4n) is 0.996. The van der Waals surface area contributed by atoms with E-state index in [9.17, 15) is 13.2 Å². The molecular formula is C9H11F3N2O2. The number of aromatic nitrogens is 1. The average molecular weight is 236 g/mol. The maximum atomic E-state index is 11.8. The Bertz CT molecular complexity index is 344. The van der Waals surface area contributed by atoms with Gasteiger partial charge in [0.1, 0.15) is 0 Å². The van der Waals surface area contributed by atoms with E-state index < -0.39 is 18.8 Å². The second kappa shape index (κ2) is 5.13. The zero-order valence-corrected chi connectivity index (χ0v) is 8.24. The number of nitrogens with zero attached hydrogens (tertiary/aromatic N) is 1. The number of nitrogens with two attached hydrogens (primary N) is 1. The highest BCUT2D eigenvalue weighted by atomic mass is 19.4. The summed E-state index contributed by atoms with van der Waals surface area (Å²) in [6, 6.07) is 2.12. The second-order valence-corrected chi connectivity index (χ2v) is 3.12. The van der Waals surface area contributed by atoms with E-state index in [1.54, 1.807) is 0 Å². The molecule has 16 heavy (non-hydrogen) atoms. The Balaban J connectivity index is 2.68. The van der Waals surface area contributed by atoms with Crippen LogP contribution in [0.15, 0.2) is 18.3 Å². The monoisotopic (exact) mass is 236 g/mol. The predicted octanol–water partition coefficient (Wildman–Crippen LogP) is 1.01. The van der Waals surface area contributed by atoms with Crippen LogP contribution >= 0.6 is 0 Å². The highest BCUT2D eigenvalue weighted by Gasteiger charge is 2.28. The van der Waals surface area contributed by atoms with Crippen LogP contribution in [0.5, 0.6) is 5.88 Å². The van der Waals surface area contributed by atoms with Gasteiger partial charge in [-0.05, 0) is 11.6 Å². The molecular weight excluding hydrogens is 225 g/mol. The summed E-state index contributed by atoms with van der Waals surface area (Å²) >= 11 is 0. The van der Waals surface area contributed by atoms with Gasteiger partial charge in [0.05, 0.1) is 12.6 Å². The Labute approximate surface area is 89.9 Å². The van der Waals surface area contributed by atoms with Gasteiger partial charge >= 0.3 is 6.18 Å². The van der Waals surface area contributed by atoms with Crippen LogP contribution in [0, 0.1) is 0 Å². The van der Waals surface area contributed by atoms with Crippen molar-refractivity contribution < 1.29 is 23.0 Å². The van der Waals surface area contributed by atoms with E-state index in [4.69, 9.17) is 10.8 Å². The molecule has 1 rings (SSSR count). The molecule has 90 valence electrons. The molecule has 4 nitrogen and oxygen atoms in total. The quantitative estimate of drug-likeness (QED) is 0.818. The van der Waals surface area contributed by atoms with Gasteiger partial charge < -0.3 is 15.6 Å². The van der Waals surface area contributed by atoms with Gasteiger partial charge in [0.25, 0.3) is 0 Å². The standard InChI is InChI=1S/C9H11F3N2O2/c10-9(11,12)5-16-8-3-6(1-2-14-8)7(13)4-15/h1-3,7,15H,4-5,13H2/t7-/m0/s1. The lowest BCUT2D eigenvalue weighted by Gasteiger charge is -2.11. The number of aliphatic hydroxyl groups is 1. The van der Waals surface area contributed by atoms with Crippen molar-refractivity contribution in [1.29, 1.82) is 0 Å². The molecule has 3 N–H and O–H groups in total. The summed E-state index contributed by atoms with van der Waals surface area (Å²) in [5.41, 5.74) is 5.96. The molecule has 1 heterocycles.